The Bertz CT molecular complexity index is 457. The van der Waals surface area contributed by atoms with Gasteiger partial charge in [0.15, 0.2) is 0 Å². The highest BCUT2D eigenvalue weighted by atomic mass is 15.1. The second-order valence-corrected chi connectivity index (χ2v) is 8.40. The molecule has 2 heteroatoms. The zero-order valence-electron chi connectivity index (χ0n) is 14.5. The van der Waals surface area contributed by atoms with Crippen LogP contribution in [0.4, 0.5) is 0 Å². The van der Waals surface area contributed by atoms with Crippen molar-refractivity contribution >= 4 is 0 Å². The second-order valence-electron chi connectivity index (χ2n) is 8.40. The molecule has 1 saturated heterocycles. The van der Waals surface area contributed by atoms with E-state index in [1.54, 1.807) is 0 Å². The Kier molecular flexibility index (Phi) is 5.11. The molecule has 1 N–H and O–H groups in total. The summed E-state index contributed by atoms with van der Waals surface area (Å²) in [6.07, 6.45) is 2.69. The summed E-state index contributed by atoms with van der Waals surface area (Å²) in [5.41, 5.74) is 3.48. The molecule has 0 unspecified atom stereocenters. The lowest BCUT2D eigenvalue weighted by Crippen LogP contribution is -2.39. The predicted molar refractivity (Wildman–Crippen MR) is 91.3 cm³/mol. The van der Waals surface area contributed by atoms with Crippen LogP contribution in [0.15, 0.2) is 24.3 Å². The van der Waals surface area contributed by atoms with Crippen LogP contribution >= 0.6 is 0 Å². The van der Waals surface area contributed by atoms with E-state index in [9.17, 15) is 0 Å². The molecular weight excluding hydrogens is 256 g/mol. The van der Waals surface area contributed by atoms with Gasteiger partial charge < -0.3 is 5.32 Å². The maximum absolute atomic E-state index is 3.57. The van der Waals surface area contributed by atoms with Gasteiger partial charge in [-0.15, -0.1) is 0 Å². The molecule has 1 aromatic carbocycles. The number of hydrogen-bond acceptors (Lipinski definition) is 2. The van der Waals surface area contributed by atoms with Crippen molar-refractivity contribution in [2.45, 2.75) is 66.1 Å². The Labute approximate surface area is 130 Å². The van der Waals surface area contributed by atoms with Crippen LogP contribution in [0.1, 0.15) is 58.6 Å². The number of rotatable bonds is 4. The quantitative estimate of drug-likeness (QED) is 0.893. The average molecular weight is 288 g/mol. The Balaban J connectivity index is 1.94. The average Bonchev–Trinajstić information content (AvgIpc) is 2.35. The normalized spacial score (nSPS) is 19.7. The van der Waals surface area contributed by atoms with E-state index in [1.807, 2.05) is 0 Å². The largest absolute Gasteiger partial charge is 0.308 e. The zero-order valence-corrected chi connectivity index (χ0v) is 14.5. The van der Waals surface area contributed by atoms with Gasteiger partial charge in [0.05, 0.1) is 0 Å². The van der Waals surface area contributed by atoms with E-state index in [4.69, 9.17) is 0 Å². The molecular formula is C19H32N2. The molecule has 0 radical (unpaired) electrons. The van der Waals surface area contributed by atoms with E-state index in [0.29, 0.717) is 5.41 Å². The lowest BCUT2D eigenvalue weighted by Gasteiger charge is -2.38. The van der Waals surface area contributed by atoms with Gasteiger partial charge in [0.25, 0.3) is 0 Å². The van der Waals surface area contributed by atoms with Crippen molar-refractivity contribution in [3.63, 3.8) is 0 Å². The Hall–Kier alpha value is -0.860. The van der Waals surface area contributed by atoms with Crippen LogP contribution in [-0.2, 0) is 13.1 Å². The molecule has 1 heterocycles. The minimum atomic E-state index is 0.174. The zero-order chi connectivity index (χ0) is 15.5. The van der Waals surface area contributed by atoms with Gasteiger partial charge in [-0.05, 0) is 56.7 Å². The number of hydrogen-bond donors (Lipinski definition) is 1. The van der Waals surface area contributed by atoms with Crippen LogP contribution in [0.25, 0.3) is 0 Å². The summed E-state index contributed by atoms with van der Waals surface area (Å²) in [6.45, 7) is 15.9. The molecule has 0 bridgehead atoms. The SMILES string of the molecule is CC1(C)CCCN(Cc2cccc(CNC(C)(C)C)c2)C1. The highest BCUT2D eigenvalue weighted by molar-refractivity contribution is 5.23. The molecule has 0 atom stereocenters. The van der Waals surface area contributed by atoms with E-state index in [0.717, 1.165) is 13.1 Å². The molecule has 1 aliphatic heterocycles. The van der Waals surface area contributed by atoms with E-state index in [2.05, 4.69) is 69.1 Å². The van der Waals surface area contributed by atoms with Crippen molar-refractivity contribution in [3.8, 4) is 0 Å². The Morgan fingerprint density at radius 1 is 1.19 bits per heavy atom. The molecule has 1 fully saturated rings. The summed E-state index contributed by atoms with van der Waals surface area (Å²) < 4.78 is 0. The minimum absolute atomic E-state index is 0.174. The van der Waals surface area contributed by atoms with Crippen LogP contribution in [0.5, 0.6) is 0 Å². The third kappa shape index (κ3) is 5.80. The van der Waals surface area contributed by atoms with Gasteiger partial charge in [-0.2, -0.15) is 0 Å². The third-order valence-corrected chi connectivity index (χ3v) is 4.20. The van der Waals surface area contributed by atoms with Crippen molar-refractivity contribution in [2.24, 2.45) is 5.41 Å². The topological polar surface area (TPSA) is 15.3 Å². The summed E-state index contributed by atoms with van der Waals surface area (Å²) >= 11 is 0. The Morgan fingerprint density at radius 2 is 1.90 bits per heavy atom. The van der Waals surface area contributed by atoms with Gasteiger partial charge in [0.2, 0.25) is 0 Å². The number of nitrogens with zero attached hydrogens (tertiary/aromatic N) is 1. The van der Waals surface area contributed by atoms with Crippen molar-refractivity contribution in [3.05, 3.63) is 35.4 Å². The molecule has 2 nitrogen and oxygen atoms in total. The first kappa shape index (κ1) is 16.5. The minimum Gasteiger partial charge on any atom is -0.308 e. The molecule has 0 aliphatic carbocycles. The molecule has 0 aromatic heterocycles. The fourth-order valence-electron chi connectivity index (χ4n) is 3.14. The summed E-state index contributed by atoms with van der Waals surface area (Å²) in [4.78, 5) is 2.61. The lowest BCUT2D eigenvalue weighted by atomic mass is 9.84. The molecule has 1 aliphatic rings. The molecule has 21 heavy (non-hydrogen) atoms. The molecule has 0 amide bonds. The van der Waals surface area contributed by atoms with Crippen LogP contribution in [0, 0.1) is 5.41 Å². The number of benzene rings is 1. The van der Waals surface area contributed by atoms with Gasteiger partial charge in [-0.1, -0.05) is 38.1 Å². The lowest BCUT2D eigenvalue weighted by molar-refractivity contribution is 0.111. The maximum Gasteiger partial charge on any atom is 0.0234 e. The van der Waals surface area contributed by atoms with Crippen LogP contribution in [0.2, 0.25) is 0 Å². The first-order chi connectivity index (χ1) is 9.73. The van der Waals surface area contributed by atoms with Gasteiger partial charge >= 0.3 is 0 Å². The van der Waals surface area contributed by atoms with E-state index < -0.39 is 0 Å². The van der Waals surface area contributed by atoms with E-state index >= 15 is 0 Å². The first-order valence-electron chi connectivity index (χ1n) is 8.29. The van der Waals surface area contributed by atoms with Crippen LogP contribution in [0.3, 0.4) is 0 Å². The van der Waals surface area contributed by atoms with Crippen LogP contribution < -0.4 is 5.32 Å². The molecule has 1 aromatic rings. The third-order valence-electron chi connectivity index (χ3n) is 4.20. The van der Waals surface area contributed by atoms with Crippen LogP contribution in [-0.4, -0.2) is 23.5 Å². The molecule has 118 valence electrons. The fraction of sp³-hybridized carbons (Fsp3) is 0.684. The fourth-order valence-corrected chi connectivity index (χ4v) is 3.14. The van der Waals surface area contributed by atoms with Gasteiger partial charge in [0.1, 0.15) is 0 Å². The van der Waals surface area contributed by atoms with E-state index in [-0.39, 0.29) is 5.54 Å². The summed E-state index contributed by atoms with van der Waals surface area (Å²) in [5, 5.41) is 3.57. The molecule has 0 spiro atoms. The predicted octanol–water partition coefficient (Wildman–Crippen LogP) is 4.20. The smallest absolute Gasteiger partial charge is 0.0234 e. The van der Waals surface area contributed by atoms with Crippen molar-refractivity contribution in [1.82, 2.24) is 10.2 Å². The van der Waals surface area contributed by atoms with Gasteiger partial charge in [-0.3, -0.25) is 4.90 Å². The van der Waals surface area contributed by atoms with Crippen molar-refractivity contribution < 1.29 is 0 Å². The van der Waals surface area contributed by atoms with Crippen molar-refractivity contribution in [2.75, 3.05) is 13.1 Å². The van der Waals surface area contributed by atoms with E-state index in [1.165, 1.54) is 37.1 Å². The Morgan fingerprint density at radius 3 is 2.57 bits per heavy atom. The number of likely N-dealkylation sites (tertiary alicyclic amines) is 1. The molecule has 0 saturated carbocycles. The highest BCUT2D eigenvalue weighted by Gasteiger charge is 2.26. The maximum atomic E-state index is 3.57. The standard InChI is InChI=1S/C19H32N2/c1-18(2,3)20-13-16-8-6-9-17(12-16)14-21-11-7-10-19(4,5)15-21/h6,8-9,12,20H,7,10-11,13-15H2,1-5H3. The monoisotopic (exact) mass is 288 g/mol. The number of nitrogens with one attached hydrogen (secondary N) is 1. The highest BCUT2D eigenvalue weighted by Crippen LogP contribution is 2.29. The number of piperidine rings is 1. The summed E-state index contributed by atoms with van der Waals surface area (Å²) in [5.74, 6) is 0. The van der Waals surface area contributed by atoms with Gasteiger partial charge in [0, 0.05) is 25.2 Å². The summed E-state index contributed by atoms with van der Waals surface area (Å²) in [7, 11) is 0. The first-order valence-corrected chi connectivity index (χ1v) is 8.29. The van der Waals surface area contributed by atoms with Crippen molar-refractivity contribution in [1.29, 1.82) is 0 Å². The second kappa shape index (κ2) is 6.50. The summed E-state index contributed by atoms with van der Waals surface area (Å²) in [6, 6.07) is 9.05. The van der Waals surface area contributed by atoms with Gasteiger partial charge in [-0.25, -0.2) is 0 Å². The molecule has 2 rings (SSSR count).